The molecule has 0 aromatic heterocycles. The number of carbonyl (C=O) groups is 2. The van der Waals surface area contributed by atoms with Crippen molar-refractivity contribution in [3.05, 3.63) is 130 Å². The maximum atomic E-state index is 12.6. The molecule has 0 aliphatic carbocycles. The first-order valence-corrected chi connectivity index (χ1v) is 24.8. The molecular weight excluding hydrogens is 777 g/mol. The maximum absolute atomic E-state index is 12.6. The smallest absolute Gasteiger partial charge is 0.338 e. The highest BCUT2D eigenvalue weighted by Crippen LogP contribution is 2.19. The van der Waals surface area contributed by atoms with Crippen LogP contribution in [0.25, 0.3) is 0 Å². The monoisotopic (exact) mass is 855 g/mol. The van der Waals surface area contributed by atoms with E-state index in [4.69, 9.17) is 9.47 Å². The normalized spacial score (nSPS) is 11.5. The van der Waals surface area contributed by atoms with Crippen molar-refractivity contribution in [2.75, 3.05) is 13.2 Å². The van der Waals surface area contributed by atoms with Gasteiger partial charge in [-0.25, -0.2) is 9.59 Å². The van der Waals surface area contributed by atoms with Crippen molar-refractivity contribution in [1.29, 1.82) is 0 Å². The topological polar surface area (TPSA) is 77.3 Å². The molecule has 0 N–H and O–H groups in total. The summed E-state index contributed by atoms with van der Waals surface area (Å²) >= 11 is 0. The number of hydrogen-bond donors (Lipinski definition) is 0. The van der Waals surface area contributed by atoms with Gasteiger partial charge in [-0.3, -0.25) is 9.98 Å². The molecule has 0 aliphatic heterocycles. The zero-order chi connectivity index (χ0) is 44.4. The first-order chi connectivity index (χ1) is 31.0. The number of aryl methyl sites for hydroxylation is 2. The third-order valence-electron chi connectivity index (χ3n) is 11.8. The quantitative estimate of drug-likeness (QED) is 0.0266. The fourth-order valence-corrected chi connectivity index (χ4v) is 7.72. The van der Waals surface area contributed by atoms with Crippen molar-refractivity contribution in [2.24, 2.45) is 9.98 Å². The third kappa shape index (κ3) is 22.9. The number of nitrogens with zero attached hydrogens (tertiary/aromatic N) is 2. The van der Waals surface area contributed by atoms with Crippen LogP contribution < -0.4 is 0 Å². The van der Waals surface area contributed by atoms with Crippen molar-refractivity contribution in [3.8, 4) is 0 Å². The minimum atomic E-state index is -0.343. The van der Waals surface area contributed by atoms with Gasteiger partial charge in [0, 0.05) is 12.4 Å². The van der Waals surface area contributed by atoms with Gasteiger partial charge in [0.2, 0.25) is 0 Å². The average Bonchev–Trinajstić information content (AvgIpc) is 3.32. The summed E-state index contributed by atoms with van der Waals surface area (Å²) in [7, 11) is 0. The Balaban J connectivity index is 1.01. The second kappa shape index (κ2) is 32.8. The van der Waals surface area contributed by atoms with Crippen molar-refractivity contribution in [2.45, 2.75) is 174 Å². The minimum Gasteiger partial charge on any atom is -0.462 e. The van der Waals surface area contributed by atoms with Crippen LogP contribution in [-0.4, -0.2) is 37.6 Å². The SMILES string of the molecule is CCCCCCCCCCCCc1ccc(N=Cc2ccc(C(=O)OCCCCCOC(=O)c3ccc(C=Nc4ccc(CCCCCCCCCCCC)cc4)cc3)cc2)cc1. The molecule has 0 unspecified atom stereocenters. The zero-order valence-corrected chi connectivity index (χ0v) is 39.0. The van der Waals surface area contributed by atoms with Crippen molar-refractivity contribution in [3.63, 3.8) is 0 Å². The van der Waals surface area contributed by atoms with Crippen LogP contribution in [0, 0.1) is 0 Å². The van der Waals surface area contributed by atoms with E-state index in [9.17, 15) is 9.59 Å². The first kappa shape index (κ1) is 50.8. The molecule has 0 bridgehead atoms. The van der Waals surface area contributed by atoms with Crippen molar-refractivity contribution in [1.82, 2.24) is 0 Å². The lowest BCUT2D eigenvalue weighted by Gasteiger charge is -2.07. The molecule has 4 aromatic rings. The molecule has 0 amide bonds. The molecule has 0 spiro atoms. The molecule has 340 valence electrons. The van der Waals surface area contributed by atoms with Gasteiger partial charge < -0.3 is 9.47 Å². The maximum Gasteiger partial charge on any atom is 0.338 e. The van der Waals surface area contributed by atoms with Gasteiger partial charge in [-0.2, -0.15) is 0 Å². The molecular formula is C57H78N2O4. The van der Waals surface area contributed by atoms with Crippen LogP contribution >= 0.6 is 0 Å². The minimum absolute atomic E-state index is 0.317. The van der Waals surface area contributed by atoms with Crippen LogP contribution in [-0.2, 0) is 22.3 Å². The molecule has 63 heavy (non-hydrogen) atoms. The Morgan fingerprint density at radius 2 is 0.683 bits per heavy atom. The standard InChI is InChI=1S/C57H78N2O4/c1-3-5-7-9-11-13-15-17-19-22-26-48-32-40-54(41-33-48)58-46-50-28-36-52(37-29-50)56(60)62-44-24-21-25-45-63-57(61)53-38-30-51(31-39-53)47-59-55-42-34-49(35-43-55)27-23-20-18-16-14-12-10-8-6-4-2/h28-43,46-47H,3-27,44-45H2,1-2H3. The molecule has 4 rings (SSSR count). The lowest BCUT2D eigenvalue weighted by Crippen LogP contribution is -2.08. The van der Waals surface area contributed by atoms with Gasteiger partial charge in [-0.15, -0.1) is 0 Å². The van der Waals surface area contributed by atoms with E-state index in [1.54, 1.807) is 24.3 Å². The lowest BCUT2D eigenvalue weighted by atomic mass is 10.0. The second-order valence-electron chi connectivity index (χ2n) is 17.3. The number of aliphatic imine (C=N–C) groups is 2. The van der Waals surface area contributed by atoms with Crippen LogP contribution in [0.4, 0.5) is 11.4 Å². The number of esters is 2. The van der Waals surface area contributed by atoms with E-state index < -0.39 is 0 Å². The highest BCUT2D eigenvalue weighted by atomic mass is 16.5. The predicted molar refractivity (Wildman–Crippen MR) is 266 cm³/mol. The number of ether oxygens (including phenoxy) is 2. The molecule has 0 atom stereocenters. The van der Waals surface area contributed by atoms with Gasteiger partial charge >= 0.3 is 11.9 Å². The van der Waals surface area contributed by atoms with E-state index in [1.807, 2.05) is 36.7 Å². The Kier molecular flexibility index (Phi) is 26.4. The van der Waals surface area contributed by atoms with E-state index in [-0.39, 0.29) is 11.9 Å². The fourth-order valence-electron chi connectivity index (χ4n) is 7.72. The summed E-state index contributed by atoms with van der Waals surface area (Å²) in [5.41, 5.74) is 7.44. The van der Waals surface area contributed by atoms with Gasteiger partial charge in [0.25, 0.3) is 0 Å². The molecule has 4 aromatic carbocycles. The van der Waals surface area contributed by atoms with Gasteiger partial charge in [0.05, 0.1) is 35.7 Å². The molecule has 6 nitrogen and oxygen atoms in total. The van der Waals surface area contributed by atoms with Crippen LogP contribution in [0.1, 0.15) is 204 Å². The summed E-state index contributed by atoms with van der Waals surface area (Å²) in [6, 6.07) is 31.7. The number of unbranched alkanes of at least 4 members (excludes halogenated alkanes) is 20. The van der Waals surface area contributed by atoms with E-state index in [1.165, 1.54) is 140 Å². The fraction of sp³-hybridized carbons (Fsp3) is 0.509. The summed E-state index contributed by atoms with van der Waals surface area (Å²) in [6.07, 6.45) is 35.2. The van der Waals surface area contributed by atoms with E-state index >= 15 is 0 Å². The first-order valence-electron chi connectivity index (χ1n) is 24.8. The summed E-state index contributed by atoms with van der Waals surface area (Å²) < 4.78 is 11.0. The summed E-state index contributed by atoms with van der Waals surface area (Å²) in [5.74, 6) is -0.687. The van der Waals surface area contributed by atoms with Gasteiger partial charge in [0.1, 0.15) is 0 Å². The second-order valence-corrected chi connectivity index (χ2v) is 17.3. The molecule has 0 saturated carbocycles. The highest BCUT2D eigenvalue weighted by molar-refractivity contribution is 5.91. The van der Waals surface area contributed by atoms with Gasteiger partial charge in [-0.1, -0.05) is 178 Å². The van der Waals surface area contributed by atoms with Crippen molar-refractivity contribution >= 4 is 35.7 Å². The summed E-state index contributed by atoms with van der Waals surface area (Å²) in [5, 5.41) is 0. The molecule has 6 heteroatoms. The van der Waals surface area contributed by atoms with Crippen LogP contribution in [0.15, 0.2) is 107 Å². The largest absolute Gasteiger partial charge is 0.462 e. The Labute approximate surface area is 381 Å². The Bertz CT molecular complexity index is 1710. The third-order valence-corrected chi connectivity index (χ3v) is 11.8. The zero-order valence-electron chi connectivity index (χ0n) is 39.0. The summed E-state index contributed by atoms with van der Waals surface area (Å²) in [4.78, 5) is 34.4. The highest BCUT2D eigenvalue weighted by Gasteiger charge is 2.09. The number of rotatable bonds is 34. The number of carbonyl (C=O) groups excluding carboxylic acids is 2. The Hall–Kier alpha value is -4.84. The van der Waals surface area contributed by atoms with Gasteiger partial charge in [0.15, 0.2) is 0 Å². The number of hydrogen-bond acceptors (Lipinski definition) is 6. The van der Waals surface area contributed by atoms with E-state index in [0.29, 0.717) is 37.2 Å². The van der Waals surface area contributed by atoms with E-state index in [0.717, 1.165) is 41.8 Å². The molecule has 0 aliphatic rings. The molecule has 0 radical (unpaired) electrons. The van der Waals surface area contributed by atoms with Gasteiger partial charge in [-0.05, 0) is 116 Å². The lowest BCUT2D eigenvalue weighted by molar-refractivity contribution is 0.0478. The van der Waals surface area contributed by atoms with E-state index in [2.05, 4.69) is 72.4 Å². The average molecular weight is 855 g/mol. The van der Waals surface area contributed by atoms with Crippen LogP contribution in [0.3, 0.4) is 0 Å². The van der Waals surface area contributed by atoms with Crippen LogP contribution in [0.2, 0.25) is 0 Å². The van der Waals surface area contributed by atoms with Crippen LogP contribution in [0.5, 0.6) is 0 Å². The Morgan fingerprint density at radius 1 is 0.381 bits per heavy atom. The molecule has 0 heterocycles. The Morgan fingerprint density at radius 3 is 1.02 bits per heavy atom. The molecule has 0 fully saturated rings. The summed E-state index contributed by atoms with van der Waals surface area (Å²) in [6.45, 7) is 5.18. The molecule has 0 saturated heterocycles. The number of benzene rings is 4. The predicted octanol–water partition coefficient (Wildman–Crippen LogP) is 16.3. The van der Waals surface area contributed by atoms with Crippen molar-refractivity contribution < 1.29 is 19.1 Å².